The molecule has 0 unspecified atom stereocenters. The van der Waals surface area contributed by atoms with Gasteiger partial charge in [0.15, 0.2) is 0 Å². The summed E-state index contributed by atoms with van der Waals surface area (Å²) in [4.78, 5) is 21.2. The third kappa shape index (κ3) is 5.07. The second-order valence-corrected chi connectivity index (χ2v) is 2.34. The van der Waals surface area contributed by atoms with Crippen LogP contribution in [0.3, 0.4) is 0 Å². The van der Waals surface area contributed by atoms with Gasteiger partial charge in [0.25, 0.3) is 0 Å². The van der Waals surface area contributed by atoms with Crippen LogP contribution in [-0.4, -0.2) is 22.2 Å². The molecule has 0 amide bonds. The fraction of sp³-hybridized carbons (Fsp3) is 0.333. The maximum absolute atomic E-state index is 10.6. The van der Waals surface area contributed by atoms with Crippen molar-refractivity contribution in [1.82, 2.24) is 0 Å². The molecule has 0 saturated carbocycles. The maximum atomic E-state index is 10.6. The van der Waals surface area contributed by atoms with E-state index in [0.717, 1.165) is 0 Å². The van der Waals surface area contributed by atoms with E-state index in [0.29, 0.717) is 6.42 Å². The number of aliphatic carboxylic acids is 2. The Balaban J connectivity index is -0.000000720. The molecule has 0 heterocycles. The van der Waals surface area contributed by atoms with E-state index in [1.807, 2.05) is 0 Å². The van der Waals surface area contributed by atoms with Crippen LogP contribution in [0.5, 0.6) is 0 Å². The molecule has 0 spiro atoms. The molecule has 0 rings (SSSR count). The van der Waals surface area contributed by atoms with Gasteiger partial charge in [-0.2, -0.15) is 0 Å². The predicted octanol–water partition coefficient (Wildman–Crippen LogP) is -1.45. The van der Waals surface area contributed by atoms with E-state index >= 15 is 0 Å². The van der Waals surface area contributed by atoms with Gasteiger partial charge in [-0.15, -0.1) is 0 Å². The first-order chi connectivity index (χ1) is 6.04. The molecule has 0 bridgehead atoms. The third-order valence-corrected chi connectivity index (χ3v) is 1.45. The topological polar surface area (TPSA) is 74.6 Å². The Labute approximate surface area is 127 Å². The van der Waals surface area contributed by atoms with Crippen LogP contribution in [0.2, 0.25) is 0 Å². The van der Waals surface area contributed by atoms with Crippen molar-refractivity contribution in [2.45, 2.75) is 20.3 Å². The molecule has 4 nitrogen and oxygen atoms in total. The molecule has 0 aromatic rings. The average Bonchev–Trinajstić information content (AvgIpc) is 2.03. The fourth-order valence-electron chi connectivity index (χ4n) is 0.911. The largest absolute Gasteiger partial charge is 1.00 e. The summed E-state index contributed by atoms with van der Waals surface area (Å²) in [7, 11) is 0. The first kappa shape index (κ1) is 16.5. The number of hydrogen-bond donors (Lipinski definition) is 2. The van der Waals surface area contributed by atoms with Gasteiger partial charge >= 0.3 is 63.3 Å². The van der Waals surface area contributed by atoms with E-state index in [1.165, 1.54) is 19.1 Å². The summed E-state index contributed by atoms with van der Waals surface area (Å²) < 4.78 is 0. The van der Waals surface area contributed by atoms with Crippen molar-refractivity contribution in [3.63, 3.8) is 0 Å². The summed E-state index contributed by atoms with van der Waals surface area (Å²) in [5.41, 5.74) is -0.327. The second-order valence-electron chi connectivity index (χ2n) is 2.34. The molecule has 0 aliphatic rings. The SMILES string of the molecule is CC=C(C(=O)O)C(=CCC)C(=O)O.[H-].[K+]. The second kappa shape index (κ2) is 8.37. The number of rotatable bonds is 4. The molecule has 74 valence electrons. The zero-order valence-corrected chi connectivity index (χ0v) is 11.7. The van der Waals surface area contributed by atoms with Gasteiger partial charge in [-0.3, -0.25) is 0 Å². The molecule has 0 aromatic carbocycles. The zero-order chi connectivity index (χ0) is 10.4. The van der Waals surface area contributed by atoms with Crippen LogP contribution in [0, 0.1) is 0 Å². The molecule has 0 saturated heterocycles. The molecular weight excluding hydrogens is 211 g/mol. The summed E-state index contributed by atoms with van der Waals surface area (Å²) in [6.45, 7) is 3.24. The predicted molar refractivity (Wildman–Crippen MR) is 48.5 cm³/mol. The Morgan fingerprint density at radius 3 is 1.86 bits per heavy atom. The first-order valence-corrected chi connectivity index (χ1v) is 3.88. The van der Waals surface area contributed by atoms with E-state index in [2.05, 4.69) is 0 Å². The number of carbonyl (C=O) groups is 2. The summed E-state index contributed by atoms with van der Waals surface area (Å²) in [6.07, 6.45) is 3.15. The smallest absolute Gasteiger partial charge is 1.00 e. The summed E-state index contributed by atoms with van der Waals surface area (Å²) >= 11 is 0. The molecular formula is C9H13KO4. The van der Waals surface area contributed by atoms with Gasteiger partial charge in [0, 0.05) is 0 Å². The van der Waals surface area contributed by atoms with Crippen molar-refractivity contribution in [2.24, 2.45) is 0 Å². The molecule has 0 aliphatic heterocycles. The molecule has 2 N–H and O–H groups in total. The molecule has 0 aliphatic carbocycles. The Morgan fingerprint density at radius 1 is 1.21 bits per heavy atom. The molecule has 14 heavy (non-hydrogen) atoms. The van der Waals surface area contributed by atoms with E-state index < -0.39 is 11.9 Å². The fourth-order valence-corrected chi connectivity index (χ4v) is 0.911. The quantitative estimate of drug-likeness (QED) is 0.348. The van der Waals surface area contributed by atoms with E-state index in [4.69, 9.17) is 10.2 Å². The monoisotopic (exact) mass is 224 g/mol. The standard InChI is InChI=1S/C9H12O4.K.H/c1-3-5-7(9(12)13)6(4-2)8(10)11;;/h4-5H,3H2,1-2H3,(H,10,11)(H,12,13);;/q;+1;-1. The molecule has 0 fully saturated rings. The zero-order valence-electron chi connectivity index (χ0n) is 9.57. The van der Waals surface area contributed by atoms with Crippen LogP contribution < -0.4 is 51.4 Å². The normalized spacial score (nSPS) is 11.9. The summed E-state index contributed by atoms with van der Waals surface area (Å²) in [5, 5.41) is 17.3. The van der Waals surface area contributed by atoms with Gasteiger partial charge < -0.3 is 11.6 Å². The molecule has 0 aromatic heterocycles. The van der Waals surface area contributed by atoms with Crippen molar-refractivity contribution in [3.8, 4) is 0 Å². The summed E-state index contributed by atoms with van der Waals surface area (Å²) in [5.74, 6) is -2.43. The molecule has 5 heteroatoms. The van der Waals surface area contributed by atoms with Crippen molar-refractivity contribution in [2.75, 3.05) is 0 Å². The maximum Gasteiger partial charge on any atom is 1.00 e. The van der Waals surface area contributed by atoms with Crippen molar-refractivity contribution in [3.05, 3.63) is 23.3 Å². The van der Waals surface area contributed by atoms with Crippen LogP contribution in [0.1, 0.15) is 21.7 Å². The Bertz CT molecular complexity index is 284. The van der Waals surface area contributed by atoms with Gasteiger partial charge in [-0.05, 0) is 13.3 Å². The van der Waals surface area contributed by atoms with Crippen LogP contribution in [0.4, 0.5) is 0 Å². The number of hydrogen-bond acceptors (Lipinski definition) is 2. The van der Waals surface area contributed by atoms with Crippen LogP contribution in [0.25, 0.3) is 0 Å². The van der Waals surface area contributed by atoms with Crippen molar-refractivity contribution >= 4 is 11.9 Å². The Morgan fingerprint density at radius 2 is 1.64 bits per heavy atom. The van der Waals surface area contributed by atoms with Crippen molar-refractivity contribution in [1.29, 1.82) is 0 Å². The van der Waals surface area contributed by atoms with Gasteiger partial charge in [0.1, 0.15) is 0 Å². The van der Waals surface area contributed by atoms with Gasteiger partial charge in [0.2, 0.25) is 0 Å². The van der Waals surface area contributed by atoms with Gasteiger partial charge in [-0.1, -0.05) is 19.1 Å². The van der Waals surface area contributed by atoms with E-state index in [1.54, 1.807) is 6.92 Å². The summed E-state index contributed by atoms with van der Waals surface area (Å²) in [6, 6.07) is 0. The minimum atomic E-state index is -1.22. The van der Waals surface area contributed by atoms with Crippen LogP contribution >= 0.6 is 0 Å². The Kier molecular flexibility index (Phi) is 9.86. The number of carboxylic acids is 2. The number of allylic oxidation sites excluding steroid dienone is 2. The van der Waals surface area contributed by atoms with E-state index in [-0.39, 0.29) is 64.0 Å². The third-order valence-electron chi connectivity index (χ3n) is 1.45. The van der Waals surface area contributed by atoms with Crippen LogP contribution in [0.15, 0.2) is 23.3 Å². The minimum absolute atomic E-state index is 0. The molecule has 0 atom stereocenters. The Hall–Kier alpha value is 0.0564. The van der Waals surface area contributed by atoms with E-state index in [9.17, 15) is 9.59 Å². The number of carboxylic acid groups (broad SMARTS) is 2. The van der Waals surface area contributed by atoms with Gasteiger partial charge in [-0.25, -0.2) is 9.59 Å². The van der Waals surface area contributed by atoms with Crippen molar-refractivity contribution < 1.29 is 72.6 Å². The molecule has 0 radical (unpaired) electrons. The average molecular weight is 224 g/mol. The minimum Gasteiger partial charge on any atom is -1.00 e. The van der Waals surface area contributed by atoms with Gasteiger partial charge in [0.05, 0.1) is 11.1 Å². The van der Waals surface area contributed by atoms with Crippen LogP contribution in [-0.2, 0) is 9.59 Å². The first-order valence-electron chi connectivity index (χ1n) is 3.88.